The number of nitrogens with one attached hydrogen (secondary N) is 1. The zero-order valence-corrected chi connectivity index (χ0v) is 12.6. The molecule has 2 N–H and O–H groups in total. The first-order chi connectivity index (χ1) is 9.84. The number of amides is 1. The molecule has 0 bridgehead atoms. The molecule has 0 fully saturated rings. The van der Waals surface area contributed by atoms with Gasteiger partial charge in [-0.1, -0.05) is 18.2 Å². The van der Waals surface area contributed by atoms with Crippen molar-refractivity contribution in [2.75, 3.05) is 26.7 Å². The highest BCUT2D eigenvalue weighted by Crippen LogP contribution is 2.11. The molecule has 1 rings (SSSR count). The van der Waals surface area contributed by atoms with Gasteiger partial charge in [0.2, 0.25) is 5.91 Å². The van der Waals surface area contributed by atoms with Crippen LogP contribution in [0.1, 0.15) is 13.8 Å². The number of hydrogen-bond donors (Lipinski definition) is 2. The van der Waals surface area contributed by atoms with Crippen molar-refractivity contribution in [1.29, 1.82) is 0 Å². The Balaban J connectivity index is 2.27. The normalized spacial score (nSPS) is 11.2. The van der Waals surface area contributed by atoms with Crippen LogP contribution in [0.25, 0.3) is 0 Å². The highest BCUT2D eigenvalue weighted by molar-refractivity contribution is 5.81. The second kappa shape index (κ2) is 7.64. The van der Waals surface area contributed by atoms with E-state index in [1.165, 1.54) is 4.90 Å². The lowest BCUT2D eigenvalue weighted by atomic mass is 10.0. The summed E-state index contributed by atoms with van der Waals surface area (Å²) in [6.45, 7) is 3.86. The Labute approximate surface area is 124 Å². The van der Waals surface area contributed by atoms with Gasteiger partial charge in [-0.05, 0) is 33.0 Å². The highest BCUT2D eigenvalue weighted by Gasteiger charge is 2.32. The van der Waals surface area contributed by atoms with Crippen molar-refractivity contribution in [2.45, 2.75) is 19.4 Å². The maximum absolute atomic E-state index is 11.7. The number of ether oxygens (including phenoxy) is 1. The summed E-state index contributed by atoms with van der Waals surface area (Å²) in [7, 11) is 1.61. The molecule has 0 aliphatic carbocycles. The van der Waals surface area contributed by atoms with Gasteiger partial charge in [-0.3, -0.25) is 14.5 Å². The van der Waals surface area contributed by atoms with Crippen molar-refractivity contribution in [3.63, 3.8) is 0 Å². The first-order valence-electron chi connectivity index (χ1n) is 6.73. The molecule has 0 aliphatic heterocycles. The minimum Gasteiger partial charge on any atom is -0.492 e. The van der Waals surface area contributed by atoms with Gasteiger partial charge >= 0.3 is 5.97 Å². The van der Waals surface area contributed by atoms with Gasteiger partial charge < -0.3 is 15.2 Å². The van der Waals surface area contributed by atoms with Crippen LogP contribution in [0.3, 0.4) is 0 Å². The van der Waals surface area contributed by atoms with Gasteiger partial charge in [0.15, 0.2) is 0 Å². The van der Waals surface area contributed by atoms with Crippen LogP contribution in [0.2, 0.25) is 0 Å². The van der Waals surface area contributed by atoms with E-state index in [1.54, 1.807) is 20.9 Å². The Kier molecular flexibility index (Phi) is 6.17. The summed E-state index contributed by atoms with van der Waals surface area (Å²) in [5.74, 6) is -0.454. The Morgan fingerprint density at radius 3 is 2.48 bits per heavy atom. The summed E-state index contributed by atoms with van der Waals surface area (Å²) in [5.41, 5.74) is -1.09. The SMILES string of the molecule is CN(CC(=O)NCCOc1ccccc1)C(C)(C)C(=O)O. The van der Waals surface area contributed by atoms with Gasteiger partial charge in [-0.25, -0.2) is 0 Å². The Morgan fingerprint density at radius 2 is 1.90 bits per heavy atom. The molecule has 0 radical (unpaired) electrons. The van der Waals surface area contributed by atoms with Crippen molar-refractivity contribution in [3.8, 4) is 5.75 Å². The van der Waals surface area contributed by atoms with E-state index in [0.29, 0.717) is 13.2 Å². The number of para-hydroxylation sites is 1. The fourth-order valence-corrected chi connectivity index (χ4v) is 1.51. The minimum absolute atomic E-state index is 0.0185. The van der Waals surface area contributed by atoms with Crippen LogP contribution in [0.4, 0.5) is 0 Å². The van der Waals surface area contributed by atoms with Crippen LogP contribution in [0, 0.1) is 0 Å². The second-order valence-corrected chi connectivity index (χ2v) is 5.23. The zero-order chi connectivity index (χ0) is 15.9. The monoisotopic (exact) mass is 294 g/mol. The fourth-order valence-electron chi connectivity index (χ4n) is 1.51. The quantitative estimate of drug-likeness (QED) is 0.699. The number of hydrogen-bond acceptors (Lipinski definition) is 4. The van der Waals surface area contributed by atoms with Gasteiger partial charge in [0.25, 0.3) is 0 Å². The number of nitrogens with zero attached hydrogens (tertiary/aromatic N) is 1. The van der Waals surface area contributed by atoms with Crippen LogP contribution >= 0.6 is 0 Å². The molecule has 1 aromatic carbocycles. The van der Waals surface area contributed by atoms with E-state index >= 15 is 0 Å². The molecule has 1 aromatic rings. The van der Waals surface area contributed by atoms with Gasteiger partial charge in [0.1, 0.15) is 17.9 Å². The molecule has 0 aliphatic rings. The maximum atomic E-state index is 11.7. The molecule has 0 unspecified atom stereocenters. The van der Waals surface area contributed by atoms with Crippen molar-refractivity contribution >= 4 is 11.9 Å². The van der Waals surface area contributed by atoms with Crippen LogP contribution in [-0.2, 0) is 9.59 Å². The number of aliphatic carboxylic acids is 1. The second-order valence-electron chi connectivity index (χ2n) is 5.23. The molecule has 0 saturated carbocycles. The van der Waals surface area contributed by atoms with E-state index in [9.17, 15) is 9.59 Å². The number of likely N-dealkylation sites (N-methyl/N-ethyl adjacent to an activating group) is 1. The highest BCUT2D eigenvalue weighted by atomic mass is 16.5. The van der Waals surface area contributed by atoms with Crippen LogP contribution in [0.5, 0.6) is 5.75 Å². The Hall–Kier alpha value is -2.08. The minimum atomic E-state index is -1.09. The van der Waals surface area contributed by atoms with E-state index in [-0.39, 0.29) is 12.5 Å². The van der Waals surface area contributed by atoms with Gasteiger partial charge in [-0.15, -0.1) is 0 Å². The summed E-state index contributed by atoms with van der Waals surface area (Å²) in [6.07, 6.45) is 0. The molecule has 6 heteroatoms. The first kappa shape index (κ1) is 17.0. The molecular formula is C15H22N2O4. The molecule has 0 saturated heterocycles. The van der Waals surface area contributed by atoms with Crippen LogP contribution < -0.4 is 10.1 Å². The lowest BCUT2D eigenvalue weighted by molar-refractivity contribution is -0.149. The summed E-state index contributed by atoms with van der Waals surface area (Å²) >= 11 is 0. The summed E-state index contributed by atoms with van der Waals surface area (Å²) < 4.78 is 5.44. The van der Waals surface area contributed by atoms with E-state index < -0.39 is 11.5 Å². The molecule has 116 valence electrons. The summed E-state index contributed by atoms with van der Waals surface area (Å²) in [4.78, 5) is 24.3. The van der Waals surface area contributed by atoms with E-state index in [4.69, 9.17) is 9.84 Å². The molecule has 21 heavy (non-hydrogen) atoms. The maximum Gasteiger partial charge on any atom is 0.323 e. The smallest absolute Gasteiger partial charge is 0.323 e. The first-order valence-corrected chi connectivity index (χ1v) is 6.73. The lowest BCUT2D eigenvalue weighted by Gasteiger charge is -2.30. The number of carbonyl (C=O) groups is 2. The lowest BCUT2D eigenvalue weighted by Crippen LogP contribution is -2.51. The van der Waals surface area contributed by atoms with Crippen molar-refractivity contribution in [2.24, 2.45) is 0 Å². The van der Waals surface area contributed by atoms with Gasteiger partial charge in [-0.2, -0.15) is 0 Å². The molecule has 0 spiro atoms. The van der Waals surface area contributed by atoms with Crippen LogP contribution in [0.15, 0.2) is 30.3 Å². The van der Waals surface area contributed by atoms with Crippen molar-refractivity contribution in [1.82, 2.24) is 10.2 Å². The number of carboxylic acid groups (broad SMARTS) is 1. The number of carboxylic acids is 1. The summed E-state index contributed by atoms with van der Waals surface area (Å²) in [6, 6.07) is 9.32. The number of rotatable bonds is 8. The fraction of sp³-hybridized carbons (Fsp3) is 0.467. The molecule has 0 aromatic heterocycles. The standard InChI is InChI=1S/C15H22N2O4/c1-15(2,14(19)20)17(3)11-13(18)16-9-10-21-12-7-5-4-6-8-12/h4-8H,9-11H2,1-3H3,(H,16,18)(H,19,20). The topological polar surface area (TPSA) is 78.9 Å². The largest absolute Gasteiger partial charge is 0.492 e. The average Bonchev–Trinajstić information content (AvgIpc) is 2.44. The van der Waals surface area contributed by atoms with E-state index in [1.807, 2.05) is 30.3 Å². The average molecular weight is 294 g/mol. The molecular weight excluding hydrogens is 272 g/mol. The summed E-state index contributed by atoms with van der Waals surface area (Å²) in [5, 5.41) is 11.8. The number of carbonyl (C=O) groups excluding carboxylic acids is 1. The molecule has 0 heterocycles. The van der Waals surface area contributed by atoms with Gasteiger partial charge in [0.05, 0.1) is 13.1 Å². The van der Waals surface area contributed by atoms with Crippen molar-refractivity contribution < 1.29 is 19.4 Å². The molecule has 1 amide bonds. The van der Waals surface area contributed by atoms with E-state index in [2.05, 4.69) is 5.32 Å². The third-order valence-corrected chi connectivity index (χ3v) is 3.29. The third kappa shape index (κ3) is 5.43. The Morgan fingerprint density at radius 1 is 1.29 bits per heavy atom. The Bertz CT molecular complexity index is 474. The van der Waals surface area contributed by atoms with E-state index in [0.717, 1.165) is 5.75 Å². The predicted molar refractivity (Wildman–Crippen MR) is 79.3 cm³/mol. The third-order valence-electron chi connectivity index (χ3n) is 3.29. The van der Waals surface area contributed by atoms with Crippen LogP contribution in [-0.4, -0.2) is 54.2 Å². The van der Waals surface area contributed by atoms with Crippen molar-refractivity contribution in [3.05, 3.63) is 30.3 Å². The van der Waals surface area contributed by atoms with Gasteiger partial charge in [0, 0.05) is 0 Å². The predicted octanol–water partition coefficient (Wildman–Crippen LogP) is 0.977. The molecule has 0 atom stereocenters. The number of benzene rings is 1. The zero-order valence-electron chi connectivity index (χ0n) is 12.6. The molecule has 6 nitrogen and oxygen atoms in total.